The number of benzene rings is 1. The second-order valence-electron chi connectivity index (χ2n) is 8.11. The molecule has 0 aliphatic carbocycles. The molecular formula is C22H21FN4O3. The quantitative estimate of drug-likeness (QED) is 0.702. The Morgan fingerprint density at radius 1 is 1.33 bits per heavy atom. The van der Waals surface area contributed by atoms with E-state index < -0.39 is 23.5 Å². The number of fused-ring (bicyclic) bond motifs is 1. The number of carbonyl (C=O) groups is 2. The summed E-state index contributed by atoms with van der Waals surface area (Å²) in [4.78, 5) is 38.1. The van der Waals surface area contributed by atoms with Gasteiger partial charge in [0, 0.05) is 26.0 Å². The molecule has 5 rings (SSSR count). The van der Waals surface area contributed by atoms with Crippen LogP contribution in [0.25, 0.3) is 0 Å². The Bertz CT molecular complexity index is 1010. The minimum Gasteiger partial charge on any atom is -0.360 e. The van der Waals surface area contributed by atoms with Crippen molar-refractivity contribution in [2.45, 2.75) is 24.8 Å². The van der Waals surface area contributed by atoms with Gasteiger partial charge in [0.25, 0.3) is 0 Å². The zero-order valence-corrected chi connectivity index (χ0v) is 16.4. The topological polar surface area (TPSA) is 75.6 Å². The monoisotopic (exact) mass is 408 g/mol. The number of halogens is 1. The number of rotatable bonds is 5. The standard InChI is InChI=1S/C22H21FN4O3/c1-26(12-16-10-24-8-9-25-16)20(28)18-17-6-7-22(30-17)13-27(21(29)19(18)22)11-14-2-4-15(23)5-3-14/h2-10,17-19H,11-13H2,1H3/t17-,18+,19+,22-/m0/s1. The second-order valence-corrected chi connectivity index (χ2v) is 8.11. The molecule has 154 valence electrons. The van der Waals surface area contributed by atoms with Crippen LogP contribution in [0.4, 0.5) is 4.39 Å². The zero-order chi connectivity index (χ0) is 20.9. The van der Waals surface area contributed by atoms with Crippen molar-refractivity contribution in [1.29, 1.82) is 0 Å². The molecule has 30 heavy (non-hydrogen) atoms. The van der Waals surface area contributed by atoms with E-state index in [1.165, 1.54) is 12.1 Å². The summed E-state index contributed by atoms with van der Waals surface area (Å²) in [6, 6.07) is 6.09. The van der Waals surface area contributed by atoms with Gasteiger partial charge in [0.15, 0.2) is 0 Å². The number of ether oxygens (including phenoxy) is 1. The molecule has 1 spiro atoms. The summed E-state index contributed by atoms with van der Waals surface area (Å²) in [7, 11) is 1.70. The van der Waals surface area contributed by atoms with Gasteiger partial charge in [-0.05, 0) is 17.7 Å². The molecule has 2 amide bonds. The van der Waals surface area contributed by atoms with Crippen LogP contribution in [-0.2, 0) is 27.4 Å². The maximum Gasteiger partial charge on any atom is 0.230 e. The molecule has 2 fully saturated rings. The van der Waals surface area contributed by atoms with E-state index in [1.54, 1.807) is 47.6 Å². The number of hydrogen-bond donors (Lipinski definition) is 0. The predicted molar refractivity (Wildman–Crippen MR) is 104 cm³/mol. The lowest BCUT2D eigenvalue weighted by molar-refractivity contribution is -0.142. The third-order valence-corrected chi connectivity index (χ3v) is 6.14. The van der Waals surface area contributed by atoms with Crippen LogP contribution in [-0.4, -0.2) is 56.9 Å². The summed E-state index contributed by atoms with van der Waals surface area (Å²) in [6.07, 6.45) is 8.20. The van der Waals surface area contributed by atoms with Crippen LogP contribution in [0.3, 0.4) is 0 Å². The minimum absolute atomic E-state index is 0.0996. The van der Waals surface area contributed by atoms with E-state index in [4.69, 9.17) is 4.74 Å². The molecule has 3 aliphatic rings. The average Bonchev–Trinajstić information content (AvgIpc) is 3.38. The number of carbonyl (C=O) groups excluding carboxylic acids is 2. The fraction of sp³-hybridized carbons (Fsp3) is 0.364. The SMILES string of the molecule is CN(Cc1cnccn1)C(=O)[C@@H]1[C@@H]2C=C[C@@]3(CN(Cc4ccc(F)cc4)C(=O)[C@@H]13)O2. The Balaban J connectivity index is 1.35. The summed E-state index contributed by atoms with van der Waals surface area (Å²) in [5.74, 6) is -1.67. The highest BCUT2D eigenvalue weighted by molar-refractivity contribution is 5.93. The molecule has 2 bridgehead atoms. The van der Waals surface area contributed by atoms with Crippen molar-refractivity contribution in [3.63, 3.8) is 0 Å². The smallest absolute Gasteiger partial charge is 0.230 e. The first kappa shape index (κ1) is 18.9. The molecule has 1 aromatic carbocycles. The van der Waals surface area contributed by atoms with Gasteiger partial charge in [0.2, 0.25) is 11.8 Å². The van der Waals surface area contributed by atoms with E-state index in [2.05, 4.69) is 9.97 Å². The molecular weight excluding hydrogens is 387 g/mol. The van der Waals surface area contributed by atoms with Crippen molar-refractivity contribution in [3.8, 4) is 0 Å². The van der Waals surface area contributed by atoms with E-state index >= 15 is 0 Å². The maximum atomic E-state index is 13.3. The Labute approximate surface area is 173 Å². The minimum atomic E-state index is -0.768. The molecule has 3 aliphatic heterocycles. The third kappa shape index (κ3) is 2.99. The Morgan fingerprint density at radius 2 is 2.13 bits per heavy atom. The fourth-order valence-corrected chi connectivity index (χ4v) is 4.79. The van der Waals surface area contributed by atoms with Gasteiger partial charge in [-0.3, -0.25) is 19.6 Å². The molecule has 7 nitrogen and oxygen atoms in total. The van der Waals surface area contributed by atoms with Crippen LogP contribution in [0, 0.1) is 17.7 Å². The van der Waals surface area contributed by atoms with Gasteiger partial charge in [-0.25, -0.2) is 4.39 Å². The van der Waals surface area contributed by atoms with Crippen molar-refractivity contribution in [2.24, 2.45) is 11.8 Å². The summed E-state index contributed by atoms with van der Waals surface area (Å²) >= 11 is 0. The van der Waals surface area contributed by atoms with Crippen LogP contribution >= 0.6 is 0 Å². The average molecular weight is 408 g/mol. The van der Waals surface area contributed by atoms with E-state index in [0.717, 1.165) is 5.56 Å². The van der Waals surface area contributed by atoms with Crippen molar-refractivity contribution in [2.75, 3.05) is 13.6 Å². The summed E-state index contributed by atoms with van der Waals surface area (Å²) in [6.45, 7) is 1.06. The van der Waals surface area contributed by atoms with E-state index in [0.29, 0.717) is 25.3 Å². The number of aromatic nitrogens is 2. The highest BCUT2D eigenvalue weighted by Crippen LogP contribution is 2.52. The van der Waals surface area contributed by atoms with Gasteiger partial charge in [-0.15, -0.1) is 0 Å². The number of amides is 2. The molecule has 4 atom stereocenters. The molecule has 2 saturated heterocycles. The largest absolute Gasteiger partial charge is 0.360 e. The molecule has 2 aromatic rings. The van der Waals surface area contributed by atoms with Gasteiger partial charge in [-0.2, -0.15) is 0 Å². The lowest BCUT2D eigenvalue weighted by Crippen LogP contribution is -2.44. The number of hydrogen-bond acceptors (Lipinski definition) is 5. The van der Waals surface area contributed by atoms with Gasteiger partial charge in [0.05, 0.1) is 42.9 Å². The van der Waals surface area contributed by atoms with Crippen molar-refractivity contribution in [1.82, 2.24) is 19.8 Å². The molecule has 1 aromatic heterocycles. The highest BCUT2D eigenvalue weighted by atomic mass is 19.1. The Hall–Kier alpha value is -3.13. The van der Waals surface area contributed by atoms with Crippen molar-refractivity contribution < 1.29 is 18.7 Å². The van der Waals surface area contributed by atoms with Gasteiger partial charge in [-0.1, -0.05) is 24.3 Å². The molecule has 0 N–H and O–H groups in total. The second kappa shape index (κ2) is 6.98. The first-order valence-corrected chi connectivity index (χ1v) is 9.87. The fourth-order valence-electron chi connectivity index (χ4n) is 4.79. The van der Waals surface area contributed by atoms with Gasteiger partial charge >= 0.3 is 0 Å². The van der Waals surface area contributed by atoms with E-state index in [-0.39, 0.29) is 17.6 Å². The van der Waals surface area contributed by atoms with Crippen LogP contribution in [0.5, 0.6) is 0 Å². The van der Waals surface area contributed by atoms with Crippen LogP contribution in [0.1, 0.15) is 11.3 Å². The van der Waals surface area contributed by atoms with Crippen LogP contribution in [0.15, 0.2) is 55.0 Å². The lowest BCUT2D eigenvalue weighted by atomic mass is 9.76. The summed E-state index contributed by atoms with van der Waals surface area (Å²) in [5, 5.41) is 0. The van der Waals surface area contributed by atoms with E-state index in [1.807, 2.05) is 12.2 Å². The number of nitrogens with zero attached hydrogens (tertiary/aromatic N) is 4. The Morgan fingerprint density at radius 3 is 2.87 bits per heavy atom. The molecule has 8 heteroatoms. The normalized spacial score (nSPS) is 28.8. The Kier molecular flexibility index (Phi) is 4.39. The highest BCUT2D eigenvalue weighted by Gasteiger charge is 2.67. The summed E-state index contributed by atoms with van der Waals surface area (Å²) in [5.41, 5.74) is 0.746. The number of likely N-dealkylation sites (tertiary alicyclic amines) is 1. The van der Waals surface area contributed by atoms with Gasteiger partial charge in [0.1, 0.15) is 11.4 Å². The molecule has 0 saturated carbocycles. The predicted octanol–water partition coefficient (Wildman–Crippen LogP) is 1.56. The van der Waals surface area contributed by atoms with Crippen LogP contribution < -0.4 is 0 Å². The van der Waals surface area contributed by atoms with Crippen molar-refractivity contribution in [3.05, 3.63) is 72.1 Å². The van der Waals surface area contributed by atoms with Crippen LogP contribution in [0.2, 0.25) is 0 Å². The summed E-state index contributed by atoms with van der Waals surface area (Å²) < 4.78 is 19.4. The zero-order valence-electron chi connectivity index (χ0n) is 16.4. The first-order chi connectivity index (χ1) is 14.5. The molecule has 0 radical (unpaired) electrons. The lowest BCUT2D eigenvalue weighted by Gasteiger charge is -2.27. The van der Waals surface area contributed by atoms with Crippen molar-refractivity contribution >= 4 is 11.8 Å². The molecule has 4 heterocycles. The molecule has 0 unspecified atom stereocenters. The maximum absolute atomic E-state index is 13.3. The third-order valence-electron chi connectivity index (χ3n) is 6.14. The van der Waals surface area contributed by atoms with E-state index in [9.17, 15) is 14.0 Å². The first-order valence-electron chi connectivity index (χ1n) is 9.87. The van der Waals surface area contributed by atoms with Gasteiger partial charge < -0.3 is 14.5 Å².